The van der Waals surface area contributed by atoms with Crippen molar-refractivity contribution in [2.45, 2.75) is 19.9 Å². The van der Waals surface area contributed by atoms with Crippen LogP contribution < -0.4 is 4.90 Å². The summed E-state index contributed by atoms with van der Waals surface area (Å²) in [6, 6.07) is 12.2. The second kappa shape index (κ2) is 6.92. The Bertz CT molecular complexity index is 1060. The third-order valence-electron chi connectivity index (χ3n) is 4.77. The molecule has 2 aromatic carbocycles. The Labute approximate surface area is 160 Å². The molecule has 2 heterocycles. The summed E-state index contributed by atoms with van der Waals surface area (Å²) < 4.78 is 18.9. The van der Waals surface area contributed by atoms with Crippen molar-refractivity contribution in [3.63, 3.8) is 0 Å². The van der Waals surface area contributed by atoms with Crippen LogP contribution in [0.1, 0.15) is 50.6 Å². The van der Waals surface area contributed by atoms with E-state index in [1.807, 2.05) is 6.92 Å². The number of rotatable bonds is 4. The van der Waals surface area contributed by atoms with E-state index in [0.29, 0.717) is 22.5 Å². The Morgan fingerprint density at radius 1 is 1.25 bits per heavy atom. The largest absolute Gasteiger partial charge is 0.462 e. The number of amides is 1. The van der Waals surface area contributed by atoms with Crippen molar-refractivity contribution in [1.29, 1.82) is 0 Å². The van der Waals surface area contributed by atoms with Crippen LogP contribution in [0.4, 0.5) is 10.1 Å². The zero-order valence-corrected chi connectivity index (χ0v) is 15.4. The average molecular weight is 379 g/mol. The van der Waals surface area contributed by atoms with Gasteiger partial charge < -0.3 is 4.74 Å². The lowest BCUT2D eigenvalue weighted by Crippen LogP contribution is -2.29. The number of carbonyl (C=O) groups excluding carboxylic acids is 2. The van der Waals surface area contributed by atoms with Gasteiger partial charge in [0.2, 0.25) is 0 Å². The van der Waals surface area contributed by atoms with Gasteiger partial charge >= 0.3 is 5.97 Å². The Balaban J connectivity index is 1.79. The summed E-state index contributed by atoms with van der Waals surface area (Å²) in [6.45, 7) is 3.86. The molecule has 0 aliphatic carbocycles. The highest BCUT2D eigenvalue weighted by atomic mass is 19.1. The summed E-state index contributed by atoms with van der Waals surface area (Å²) in [5.41, 5.74) is 3.43. The monoisotopic (exact) mass is 379 g/mol. The van der Waals surface area contributed by atoms with Crippen molar-refractivity contribution >= 4 is 17.6 Å². The van der Waals surface area contributed by atoms with E-state index in [-0.39, 0.29) is 18.3 Å². The van der Waals surface area contributed by atoms with Crippen LogP contribution in [-0.2, 0) is 4.74 Å². The van der Waals surface area contributed by atoms with E-state index >= 15 is 0 Å². The molecule has 4 rings (SSSR count). The maximum atomic E-state index is 13.9. The van der Waals surface area contributed by atoms with Gasteiger partial charge in [-0.2, -0.15) is 5.10 Å². The molecule has 7 heteroatoms. The fourth-order valence-corrected chi connectivity index (χ4v) is 3.53. The number of hydrogen-bond acceptors (Lipinski definition) is 4. The van der Waals surface area contributed by atoms with Gasteiger partial charge in [-0.05, 0) is 55.8 Å². The van der Waals surface area contributed by atoms with Gasteiger partial charge in [-0.25, -0.2) is 9.18 Å². The van der Waals surface area contributed by atoms with E-state index in [0.717, 1.165) is 11.3 Å². The molecule has 142 valence electrons. The topological polar surface area (TPSA) is 75.3 Å². The van der Waals surface area contributed by atoms with Crippen LogP contribution in [0.3, 0.4) is 0 Å². The standard InChI is InChI=1S/C21H18FN3O3/c1-3-28-21(27)13-7-9-16(10-8-13)25-19(14-5-4-6-15(22)11-14)17-12(2)23-24-18(17)20(25)26/h4-11,19H,3H2,1-2H3,(H,23,24)/t19-/m0/s1. The molecular weight excluding hydrogens is 361 g/mol. The normalized spacial score (nSPS) is 15.6. The van der Waals surface area contributed by atoms with Crippen molar-refractivity contribution in [2.75, 3.05) is 11.5 Å². The SMILES string of the molecule is CCOC(=O)c1ccc(N2C(=O)c3n[nH]c(C)c3[C@@H]2c2cccc(F)c2)cc1. The number of aromatic nitrogens is 2. The summed E-state index contributed by atoms with van der Waals surface area (Å²) in [4.78, 5) is 26.5. The first kappa shape index (κ1) is 17.9. The van der Waals surface area contributed by atoms with Gasteiger partial charge in [0.15, 0.2) is 5.69 Å². The van der Waals surface area contributed by atoms with Crippen LogP contribution in [0.25, 0.3) is 0 Å². The van der Waals surface area contributed by atoms with Gasteiger partial charge in [0, 0.05) is 16.9 Å². The number of halogens is 1. The van der Waals surface area contributed by atoms with Gasteiger partial charge in [-0.1, -0.05) is 12.1 Å². The summed E-state index contributed by atoms with van der Waals surface area (Å²) in [5.74, 6) is -1.08. The number of H-pyrrole nitrogens is 1. The van der Waals surface area contributed by atoms with E-state index < -0.39 is 12.0 Å². The Hall–Kier alpha value is -3.48. The number of nitrogens with zero attached hydrogens (tertiary/aromatic N) is 2. The molecule has 3 aromatic rings. The van der Waals surface area contributed by atoms with Crippen LogP contribution in [0, 0.1) is 12.7 Å². The van der Waals surface area contributed by atoms with E-state index in [1.165, 1.54) is 12.1 Å². The molecular formula is C21H18FN3O3. The number of benzene rings is 2. The molecule has 0 fully saturated rings. The third kappa shape index (κ3) is 2.85. The summed E-state index contributed by atoms with van der Waals surface area (Å²) in [5, 5.41) is 6.98. The van der Waals surface area contributed by atoms with Crippen molar-refractivity contribution in [2.24, 2.45) is 0 Å². The van der Waals surface area contributed by atoms with Crippen LogP contribution in [0.5, 0.6) is 0 Å². The smallest absolute Gasteiger partial charge is 0.338 e. The molecule has 28 heavy (non-hydrogen) atoms. The maximum absolute atomic E-state index is 13.9. The predicted molar refractivity (Wildman–Crippen MR) is 101 cm³/mol. The number of fused-ring (bicyclic) bond motifs is 1. The molecule has 0 saturated heterocycles. The second-order valence-electron chi connectivity index (χ2n) is 6.51. The third-order valence-corrected chi connectivity index (χ3v) is 4.77. The van der Waals surface area contributed by atoms with E-state index in [2.05, 4.69) is 10.2 Å². The number of aryl methyl sites for hydroxylation is 1. The summed E-state index contributed by atoms with van der Waals surface area (Å²) in [6.07, 6.45) is 0. The zero-order valence-electron chi connectivity index (χ0n) is 15.4. The van der Waals surface area contributed by atoms with Crippen molar-refractivity contribution in [3.05, 3.63) is 82.4 Å². The van der Waals surface area contributed by atoms with Crippen LogP contribution >= 0.6 is 0 Å². The minimum atomic E-state index is -0.509. The fourth-order valence-electron chi connectivity index (χ4n) is 3.53. The molecule has 1 aliphatic rings. The second-order valence-corrected chi connectivity index (χ2v) is 6.51. The molecule has 0 saturated carbocycles. The minimum absolute atomic E-state index is 0.280. The van der Waals surface area contributed by atoms with E-state index in [4.69, 9.17) is 4.74 Å². The van der Waals surface area contributed by atoms with Crippen LogP contribution in [-0.4, -0.2) is 28.7 Å². The molecule has 0 bridgehead atoms. The number of ether oxygens (including phenoxy) is 1. The van der Waals surface area contributed by atoms with Crippen LogP contribution in [0.15, 0.2) is 48.5 Å². The molecule has 1 amide bonds. The van der Waals surface area contributed by atoms with Gasteiger partial charge in [0.25, 0.3) is 5.91 Å². The summed E-state index contributed by atoms with van der Waals surface area (Å²) >= 11 is 0. The molecule has 0 unspecified atom stereocenters. The molecule has 6 nitrogen and oxygen atoms in total. The van der Waals surface area contributed by atoms with E-state index in [1.54, 1.807) is 48.2 Å². The highest BCUT2D eigenvalue weighted by molar-refractivity contribution is 6.10. The van der Waals surface area contributed by atoms with E-state index in [9.17, 15) is 14.0 Å². The number of aromatic amines is 1. The Morgan fingerprint density at radius 3 is 2.68 bits per heavy atom. The van der Waals surface area contributed by atoms with Gasteiger partial charge in [0.05, 0.1) is 18.2 Å². The lowest BCUT2D eigenvalue weighted by Gasteiger charge is -2.26. The first-order chi connectivity index (χ1) is 13.5. The van der Waals surface area contributed by atoms with Gasteiger partial charge in [-0.15, -0.1) is 0 Å². The molecule has 1 aromatic heterocycles. The number of carbonyl (C=O) groups is 2. The zero-order chi connectivity index (χ0) is 19.8. The highest BCUT2D eigenvalue weighted by Crippen LogP contribution is 2.42. The first-order valence-electron chi connectivity index (χ1n) is 8.92. The fraction of sp³-hybridized carbons (Fsp3) is 0.190. The molecule has 0 radical (unpaired) electrons. The van der Waals surface area contributed by atoms with Crippen molar-refractivity contribution in [1.82, 2.24) is 10.2 Å². The number of anilines is 1. The average Bonchev–Trinajstić information content (AvgIpc) is 3.20. The highest BCUT2D eigenvalue weighted by Gasteiger charge is 2.42. The Morgan fingerprint density at radius 2 is 2.00 bits per heavy atom. The lowest BCUT2D eigenvalue weighted by atomic mass is 9.98. The molecule has 1 atom stereocenters. The number of nitrogens with one attached hydrogen (secondary N) is 1. The molecule has 1 aliphatic heterocycles. The summed E-state index contributed by atoms with van der Waals surface area (Å²) in [7, 11) is 0. The molecule has 1 N–H and O–H groups in total. The quantitative estimate of drug-likeness (QED) is 0.700. The number of esters is 1. The first-order valence-corrected chi connectivity index (χ1v) is 8.92. The van der Waals surface area contributed by atoms with Crippen molar-refractivity contribution < 1.29 is 18.7 Å². The van der Waals surface area contributed by atoms with Crippen molar-refractivity contribution in [3.8, 4) is 0 Å². The predicted octanol–water partition coefficient (Wildman–Crippen LogP) is 3.78. The minimum Gasteiger partial charge on any atom is -0.462 e. The Kier molecular flexibility index (Phi) is 4.43. The molecule has 0 spiro atoms. The van der Waals surface area contributed by atoms with Crippen LogP contribution in [0.2, 0.25) is 0 Å². The maximum Gasteiger partial charge on any atom is 0.338 e. The van der Waals surface area contributed by atoms with Gasteiger partial charge in [-0.3, -0.25) is 14.8 Å². The van der Waals surface area contributed by atoms with Gasteiger partial charge in [0.1, 0.15) is 5.82 Å². The number of hydrogen-bond donors (Lipinski definition) is 1. The lowest BCUT2D eigenvalue weighted by molar-refractivity contribution is 0.0526.